The Morgan fingerprint density at radius 1 is 1.33 bits per heavy atom. The summed E-state index contributed by atoms with van der Waals surface area (Å²) in [6, 6.07) is 5.64. The predicted molar refractivity (Wildman–Crippen MR) is 92.1 cm³/mol. The molecule has 0 saturated carbocycles. The van der Waals surface area contributed by atoms with E-state index in [9.17, 15) is 4.79 Å². The number of thioether (sulfide) groups is 1. The summed E-state index contributed by atoms with van der Waals surface area (Å²) >= 11 is 14.2. The molecular weight excluding hydrogens is 325 g/mol. The standard InChI is InChI=1S/C16H21Cl2NOS/c1-2-3-4-5-9-14(20)19-10-11-21-16(19)12-7-6-8-13(17)15(12)18/h6-8,16H,2-5,9-11H2,1H3/t16-/m1/s1. The first-order valence-corrected chi connectivity index (χ1v) is 9.30. The van der Waals surface area contributed by atoms with E-state index in [0.717, 1.165) is 30.7 Å². The van der Waals surface area contributed by atoms with Crippen molar-refractivity contribution in [2.24, 2.45) is 0 Å². The zero-order valence-corrected chi connectivity index (χ0v) is 14.6. The number of unbranched alkanes of at least 4 members (excludes halogenated alkanes) is 3. The van der Waals surface area contributed by atoms with Gasteiger partial charge in [-0.25, -0.2) is 0 Å². The Morgan fingerprint density at radius 3 is 2.90 bits per heavy atom. The van der Waals surface area contributed by atoms with Gasteiger partial charge in [0.2, 0.25) is 5.91 Å². The van der Waals surface area contributed by atoms with Crippen LogP contribution in [-0.2, 0) is 4.79 Å². The van der Waals surface area contributed by atoms with Gasteiger partial charge in [-0.2, -0.15) is 0 Å². The Balaban J connectivity index is 2.03. The monoisotopic (exact) mass is 345 g/mol. The molecule has 2 nitrogen and oxygen atoms in total. The van der Waals surface area contributed by atoms with Gasteiger partial charge in [0.1, 0.15) is 5.37 Å². The highest BCUT2D eigenvalue weighted by atomic mass is 35.5. The Kier molecular flexibility index (Phi) is 6.72. The fourth-order valence-electron chi connectivity index (χ4n) is 2.54. The fraction of sp³-hybridized carbons (Fsp3) is 0.562. The lowest BCUT2D eigenvalue weighted by molar-refractivity contribution is -0.131. The summed E-state index contributed by atoms with van der Waals surface area (Å²) in [7, 11) is 0. The smallest absolute Gasteiger partial charge is 0.223 e. The second-order valence-corrected chi connectivity index (χ2v) is 7.24. The highest BCUT2D eigenvalue weighted by molar-refractivity contribution is 7.99. The molecule has 116 valence electrons. The molecule has 1 saturated heterocycles. The van der Waals surface area contributed by atoms with Crippen molar-refractivity contribution >= 4 is 40.9 Å². The molecule has 1 aliphatic heterocycles. The minimum Gasteiger partial charge on any atom is -0.326 e. The molecule has 5 heteroatoms. The third-order valence-electron chi connectivity index (χ3n) is 3.70. The summed E-state index contributed by atoms with van der Waals surface area (Å²) in [6.45, 7) is 2.97. The summed E-state index contributed by atoms with van der Waals surface area (Å²) < 4.78 is 0. The number of hydrogen-bond acceptors (Lipinski definition) is 2. The van der Waals surface area contributed by atoms with Crippen LogP contribution in [-0.4, -0.2) is 23.1 Å². The van der Waals surface area contributed by atoms with E-state index in [2.05, 4.69) is 6.92 Å². The molecule has 0 unspecified atom stereocenters. The van der Waals surface area contributed by atoms with Crippen molar-refractivity contribution in [1.29, 1.82) is 0 Å². The van der Waals surface area contributed by atoms with Crippen LogP contribution in [0.1, 0.15) is 50.0 Å². The second-order valence-electron chi connectivity index (χ2n) is 5.26. The van der Waals surface area contributed by atoms with Crippen LogP contribution < -0.4 is 0 Å². The van der Waals surface area contributed by atoms with Crippen molar-refractivity contribution in [1.82, 2.24) is 4.90 Å². The van der Waals surface area contributed by atoms with Crippen LogP contribution in [0.3, 0.4) is 0 Å². The van der Waals surface area contributed by atoms with Crippen LogP contribution >= 0.6 is 35.0 Å². The van der Waals surface area contributed by atoms with Gasteiger partial charge in [0.25, 0.3) is 0 Å². The quantitative estimate of drug-likeness (QED) is 0.631. The summed E-state index contributed by atoms with van der Waals surface area (Å²) in [5.74, 6) is 1.19. The highest BCUT2D eigenvalue weighted by Crippen LogP contribution is 2.43. The number of benzene rings is 1. The topological polar surface area (TPSA) is 20.3 Å². The summed E-state index contributed by atoms with van der Waals surface area (Å²) in [5, 5.41) is 1.13. The molecule has 0 spiro atoms. The Morgan fingerprint density at radius 2 is 2.14 bits per heavy atom. The highest BCUT2D eigenvalue weighted by Gasteiger charge is 2.31. The van der Waals surface area contributed by atoms with E-state index < -0.39 is 0 Å². The summed E-state index contributed by atoms with van der Waals surface area (Å²) in [4.78, 5) is 14.4. The van der Waals surface area contributed by atoms with Gasteiger partial charge in [-0.05, 0) is 12.5 Å². The van der Waals surface area contributed by atoms with Gasteiger partial charge in [-0.1, -0.05) is 61.5 Å². The molecule has 1 aliphatic rings. The minimum atomic E-state index is 0.00914. The van der Waals surface area contributed by atoms with E-state index in [1.54, 1.807) is 17.8 Å². The van der Waals surface area contributed by atoms with Crippen molar-refractivity contribution in [2.45, 2.75) is 44.4 Å². The molecule has 0 aliphatic carbocycles. The molecule has 1 amide bonds. The molecular formula is C16H21Cl2NOS. The van der Waals surface area contributed by atoms with E-state index >= 15 is 0 Å². The number of carbonyl (C=O) groups is 1. The Bertz CT molecular complexity index is 495. The molecule has 0 bridgehead atoms. The number of rotatable bonds is 6. The van der Waals surface area contributed by atoms with Crippen molar-refractivity contribution in [3.05, 3.63) is 33.8 Å². The number of hydrogen-bond donors (Lipinski definition) is 0. The molecule has 0 aromatic heterocycles. The zero-order valence-electron chi connectivity index (χ0n) is 12.3. The molecule has 1 aromatic carbocycles. The van der Waals surface area contributed by atoms with E-state index in [0.29, 0.717) is 16.5 Å². The van der Waals surface area contributed by atoms with Crippen molar-refractivity contribution in [3.63, 3.8) is 0 Å². The largest absolute Gasteiger partial charge is 0.326 e. The van der Waals surface area contributed by atoms with E-state index in [4.69, 9.17) is 23.2 Å². The summed E-state index contributed by atoms with van der Waals surface area (Å²) in [5.41, 5.74) is 0.952. The lowest BCUT2D eigenvalue weighted by Gasteiger charge is -2.25. The van der Waals surface area contributed by atoms with Crippen molar-refractivity contribution in [2.75, 3.05) is 12.3 Å². The van der Waals surface area contributed by atoms with Gasteiger partial charge in [-0.3, -0.25) is 4.79 Å². The first-order valence-electron chi connectivity index (χ1n) is 7.50. The molecule has 21 heavy (non-hydrogen) atoms. The molecule has 0 radical (unpaired) electrons. The van der Waals surface area contributed by atoms with Crippen LogP contribution in [0.25, 0.3) is 0 Å². The van der Waals surface area contributed by atoms with Crippen molar-refractivity contribution < 1.29 is 4.79 Å². The van der Waals surface area contributed by atoms with Gasteiger partial charge in [0, 0.05) is 24.3 Å². The third kappa shape index (κ3) is 4.30. The minimum absolute atomic E-state index is 0.00914. The molecule has 1 heterocycles. The van der Waals surface area contributed by atoms with Gasteiger partial charge >= 0.3 is 0 Å². The van der Waals surface area contributed by atoms with Gasteiger partial charge in [0.05, 0.1) is 10.0 Å². The number of carbonyl (C=O) groups excluding carboxylic acids is 1. The summed E-state index contributed by atoms with van der Waals surface area (Å²) in [6.07, 6.45) is 5.13. The first kappa shape index (κ1) is 17.0. The SMILES string of the molecule is CCCCCCC(=O)N1CCS[C@@H]1c1cccc(Cl)c1Cl. The van der Waals surface area contributed by atoms with Crippen LogP contribution in [0.2, 0.25) is 10.0 Å². The lowest BCUT2D eigenvalue weighted by atomic mass is 10.1. The van der Waals surface area contributed by atoms with Gasteiger partial charge in [-0.15, -0.1) is 11.8 Å². The average Bonchev–Trinajstić information content (AvgIpc) is 2.95. The average molecular weight is 346 g/mol. The number of halogens is 2. The fourth-order valence-corrected chi connectivity index (χ4v) is 4.32. The van der Waals surface area contributed by atoms with E-state index in [-0.39, 0.29) is 11.3 Å². The zero-order chi connectivity index (χ0) is 15.2. The Labute approximate surface area is 141 Å². The molecule has 2 rings (SSSR count). The molecule has 1 fully saturated rings. The normalized spacial score (nSPS) is 18.2. The third-order valence-corrected chi connectivity index (χ3v) is 5.78. The van der Waals surface area contributed by atoms with E-state index in [1.807, 2.05) is 17.0 Å². The molecule has 1 atom stereocenters. The van der Waals surface area contributed by atoms with Crippen molar-refractivity contribution in [3.8, 4) is 0 Å². The van der Waals surface area contributed by atoms with Gasteiger partial charge in [0.15, 0.2) is 0 Å². The van der Waals surface area contributed by atoms with Crippen LogP contribution in [0.4, 0.5) is 0 Å². The van der Waals surface area contributed by atoms with Gasteiger partial charge < -0.3 is 4.90 Å². The number of amides is 1. The van der Waals surface area contributed by atoms with E-state index in [1.165, 1.54) is 12.8 Å². The van der Waals surface area contributed by atoms with Crippen LogP contribution in [0.15, 0.2) is 18.2 Å². The maximum atomic E-state index is 12.4. The number of nitrogens with zero attached hydrogens (tertiary/aromatic N) is 1. The molecule has 0 N–H and O–H groups in total. The first-order chi connectivity index (χ1) is 10.1. The predicted octanol–water partition coefficient (Wildman–Crippen LogP) is 5.54. The van der Waals surface area contributed by atoms with Crippen LogP contribution in [0, 0.1) is 0 Å². The molecule has 1 aromatic rings. The Hall–Kier alpha value is -0.380. The maximum absolute atomic E-state index is 12.4. The van der Waals surface area contributed by atoms with Crippen LogP contribution in [0.5, 0.6) is 0 Å². The second kappa shape index (κ2) is 8.30. The lowest BCUT2D eigenvalue weighted by Crippen LogP contribution is -2.30. The maximum Gasteiger partial charge on any atom is 0.223 e.